The molecular formula is C24H34N2O2S. The summed E-state index contributed by atoms with van der Waals surface area (Å²) in [7, 11) is 0. The first-order chi connectivity index (χ1) is 14.0. The second-order valence-electron chi connectivity index (χ2n) is 9.81. The third kappa shape index (κ3) is 4.82. The monoisotopic (exact) mass is 414 g/mol. The Bertz CT molecular complexity index is 728. The van der Waals surface area contributed by atoms with Crippen LogP contribution >= 0.6 is 11.8 Å². The molecule has 0 heterocycles. The quantitative estimate of drug-likeness (QED) is 0.671. The molecular weight excluding hydrogens is 380 g/mol. The second-order valence-corrected chi connectivity index (χ2v) is 10.8. The van der Waals surface area contributed by atoms with Gasteiger partial charge in [0.25, 0.3) is 5.91 Å². The maximum atomic E-state index is 13.0. The van der Waals surface area contributed by atoms with Crippen LogP contribution in [0.1, 0.15) is 60.9 Å². The Hall–Kier alpha value is -1.49. The largest absolute Gasteiger partial charge is 0.354 e. The molecule has 0 aliphatic heterocycles. The number of hydrogen-bond donors (Lipinski definition) is 2. The molecule has 1 atom stereocenters. The van der Waals surface area contributed by atoms with Crippen molar-refractivity contribution in [1.82, 2.24) is 10.6 Å². The number of carbonyl (C=O) groups excluding carboxylic acids is 2. The van der Waals surface area contributed by atoms with Crippen molar-refractivity contribution >= 4 is 23.6 Å². The van der Waals surface area contributed by atoms with Gasteiger partial charge in [-0.15, -0.1) is 0 Å². The normalized spacial score (nSPS) is 30.8. The summed E-state index contributed by atoms with van der Waals surface area (Å²) in [5.74, 6) is 3.31. The topological polar surface area (TPSA) is 58.2 Å². The minimum Gasteiger partial charge on any atom is -0.354 e. The molecule has 2 N–H and O–H groups in total. The number of benzene rings is 1. The lowest BCUT2D eigenvalue weighted by Crippen LogP contribution is -2.54. The van der Waals surface area contributed by atoms with Gasteiger partial charge in [0.05, 0.1) is 0 Å². The molecule has 4 fully saturated rings. The summed E-state index contributed by atoms with van der Waals surface area (Å²) in [6, 6.07) is 7.06. The van der Waals surface area contributed by atoms with Crippen molar-refractivity contribution in [2.75, 3.05) is 18.6 Å². The van der Waals surface area contributed by atoms with Gasteiger partial charge < -0.3 is 10.6 Å². The van der Waals surface area contributed by atoms with Crippen LogP contribution in [0.2, 0.25) is 0 Å². The molecule has 0 saturated heterocycles. The van der Waals surface area contributed by atoms with E-state index >= 15 is 0 Å². The first-order valence-corrected chi connectivity index (χ1v) is 12.5. The lowest BCUT2D eigenvalue weighted by Gasteiger charge is -2.57. The van der Waals surface area contributed by atoms with Crippen molar-refractivity contribution in [3.63, 3.8) is 0 Å². The van der Waals surface area contributed by atoms with Crippen LogP contribution in [0.4, 0.5) is 0 Å². The average molecular weight is 415 g/mol. The van der Waals surface area contributed by atoms with Gasteiger partial charge >= 0.3 is 0 Å². The van der Waals surface area contributed by atoms with Crippen molar-refractivity contribution < 1.29 is 9.59 Å². The van der Waals surface area contributed by atoms with Gasteiger partial charge in [-0.05, 0) is 99.2 Å². The molecule has 4 aliphatic rings. The molecule has 1 aromatic carbocycles. The van der Waals surface area contributed by atoms with Crippen LogP contribution in [-0.2, 0) is 4.79 Å². The van der Waals surface area contributed by atoms with E-state index in [0.29, 0.717) is 17.4 Å². The average Bonchev–Trinajstić information content (AvgIpc) is 2.68. The first kappa shape index (κ1) is 20.8. The number of aryl methyl sites for hydroxylation is 1. The van der Waals surface area contributed by atoms with Gasteiger partial charge in [0.15, 0.2) is 0 Å². The van der Waals surface area contributed by atoms with Gasteiger partial charge in [-0.2, -0.15) is 11.8 Å². The number of amides is 2. The van der Waals surface area contributed by atoms with E-state index in [9.17, 15) is 9.59 Å². The molecule has 0 aromatic heterocycles. The fourth-order valence-electron chi connectivity index (χ4n) is 6.44. The highest BCUT2D eigenvalue weighted by atomic mass is 32.2. The van der Waals surface area contributed by atoms with E-state index in [1.807, 2.05) is 31.4 Å². The van der Waals surface area contributed by atoms with Gasteiger partial charge in [-0.3, -0.25) is 9.59 Å². The zero-order valence-corrected chi connectivity index (χ0v) is 18.5. The predicted octanol–water partition coefficient (Wildman–Crippen LogP) is 4.18. The maximum Gasteiger partial charge on any atom is 0.251 e. The number of rotatable bonds is 8. The van der Waals surface area contributed by atoms with E-state index in [-0.39, 0.29) is 11.8 Å². The standard InChI is InChI=1S/C24H34N2O2S/c1-16-4-3-5-20(8-16)22(27)26-21(6-7-29-2)23(28)25-15-24-12-17-9-18(13-24)11-19(10-17)14-24/h3-5,8,17-19,21H,6-7,9-15H2,1-2H3,(H,25,28)(H,26,27). The van der Waals surface area contributed by atoms with E-state index in [2.05, 4.69) is 10.6 Å². The van der Waals surface area contributed by atoms with Gasteiger partial charge in [-0.25, -0.2) is 0 Å². The van der Waals surface area contributed by atoms with Crippen LogP contribution in [0.15, 0.2) is 24.3 Å². The van der Waals surface area contributed by atoms with Crippen LogP contribution < -0.4 is 10.6 Å². The summed E-state index contributed by atoms with van der Waals surface area (Å²) in [6.07, 6.45) is 10.8. The minimum atomic E-state index is -0.468. The molecule has 0 radical (unpaired) electrons. The lowest BCUT2D eigenvalue weighted by atomic mass is 9.49. The zero-order valence-electron chi connectivity index (χ0n) is 17.7. The van der Waals surface area contributed by atoms with Crippen LogP contribution in [-0.4, -0.2) is 36.4 Å². The summed E-state index contributed by atoms with van der Waals surface area (Å²) < 4.78 is 0. The Morgan fingerprint density at radius 2 is 1.79 bits per heavy atom. The van der Waals surface area contributed by atoms with E-state index in [4.69, 9.17) is 0 Å². The van der Waals surface area contributed by atoms with Crippen molar-refractivity contribution in [3.05, 3.63) is 35.4 Å². The minimum absolute atomic E-state index is 0.0178. The van der Waals surface area contributed by atoms with Crippen molar-refractivity contribution in [2.24, 2.45) is 23.2 Å². The lowest BCUT2D eigenvalue weighted by molar-refractivity contribution is -0.125. The molecule has 4 nitrogen and oxygen atoms in total. The zero-order chi connectivity index (χ0) is 20.4. The molecule has 1 aromatic rings. The highest BCUT2D eigenvalue weighted by Gasteiger charge is 2.50. The third-order valence-corrected chi connectivity index (χ3v) is 7.96. The van der Waals surface area contributed by atoms with E-state index in [0.717, 1.165) is 35.6 Å². The van der Waals surface area contributed by atoms with Crippen molar-refractivity contribution in [3.8, 4) is 0 Å². The molecule has 4 saturated carbocycles. The Labute approximate surface area is 179 Å². The predicted molar refractivity (Wildman–Crippen MR) is 119 cm³/mol. The van der Waals surface area contributed by atoms with Crippen molar-refractivity contribution in [1.29, 1.82) is 0 Å². The molecule has 29 heavy (non-hydrogen) atoms. The highest BCUT2D eigenvalue weighted by Crippen LogP contribution is 2.59. The van der Waals surface area contributed by atoms with Crippen molar-refractivity contribution in [2.45, 2.75) is 57.9 Å². The molecule has 5 heteroatoms. The maximum absolute atomic E-state index is 13.0. The molecule has 4 aliphatic carbocycles. The van der Waals surface area contributed by atoms with E-state index in [1.165, 1.54) is 38.5 Å². The molecule has 158 valence electrons. The summed E-state index contributed by atoms with van der Waals surface area (Å²) >= 11 is 1.71. The van der Waals surface area contributed by atoms with E-state index < -0.39 is 6.04 Å². The van der Waals surface area contributed by atoms with Gasteiger partial charge in [-0.1, -0.05) is 17.7 Å². The molecule has 5 rings (SSSR count). The second kappa shape index (κ2) is 8.71. The van der Waals surface area contributed by atoms with Gasteiger partial charge in [0.2, 0.25) is 5.91 Å². The van der Waals surface area contributed by atoms with Crippen LogP contribution in [0, 0.1) is 30.1 Å². The molecule has 1 unspecified atom stereocenters. The summed E-state index contributed by atoms with van der Waals surface area (Å²) in [6.45, 7) is 2.76. The fraction of sp³-hybridized carbons (Fsp3) is 0.667. The highest BCUT2D eigenvalue weighted by molar-refractivity contribution is 7.98. The SMILES string of the molecule is CSCCC(NC(=O)c1cccc(C)c1)C(=O)NCC12CC3CC(CC(C3)C1)C2. The Morgan fingerprint density at radius 1 is 1.14 bits per heavy atom. The number of thioether (sulfide) groups is 1. The summed E-state index contributed by atoms with van der Waals surface area (Å²) in [5, 5.41) is 6.24. The molecule has 2 amide bonds. The van der Waals surface area contributed by atoms with Crippen LogP contribution in [0.5, 0.6) is 0 Å². The van der Waals surface area contributed by atoms with E-state index in [1.54, 1.807) is 17.8 Å². The Balaban J connectivity index is 1.37. The van der Waals surface area contributed by atoms with Gasteiger partial charge in [0, 0.05) is 12.1 Å². The van der Waals surface area contributed by atoms with Crippen LogP contribution in [0.3, 0.4) is 0 Å². The first-order valence-electron chi connectivity index (χ1n) is 11.1. The Morgan fingerprint density at radius 3 is 2.38 bits per heavy atom. The summed E-state index contributed by atoms with van der Waals surface area (Å²) in [5.41, 5.74) is 1.98. The Kier molecular flexibility index (Phi) is 6.24. The molecule has 0 spiro atoms. The number of hydrogen-bond acceptors (Lipinski definition) is 3. The third-order valence-electron chi connectivity index (χ3n) is 7.32. The summed E-state index contributed by atoms with van der Waals surface area (Å²) in [4.78, 5) is 25.7. The molecule has 4 bridgehead atoms. The fourth-order valence-corrected chi connectivity index (χ4v) is 6.91. The number of carbonyl (C=O) groups is 2. The van der Waals surface area contributed by atoms with Gasteiger partial charge in [0.1, 0.15) is 6.04 Å². The number of nitrogens with one attached hydrogen (secondary N) is 2. The smallest absolute Gasteiger partial charge is 0.251 e. The van der Waals surface area contributed by atoms with Crippen LogP contribution in [0.25, 0.3) is 0 Å².